The number of likely N-dealkylation sites (tertiary alicyclic amines) is 1. The van der Waals surface area contributed by atoms with Gasteiger partial charge in [-0.15, -0.1) is 11.3 Å². The van der Waals surface area contributed by atoms with Crippen molar-refractivity contribution in [3.63, 3.8) is 0 Å². The lowest BCUT2D eigenvalue weighted by Gasteiger charge is -2.15. The first-order chi connectivity index (χ1) is 11.6. The Hall–Kier alpha value is -2.15. The molecule has 2 atom stereocenters. The van der Waals surface area contributed by atoms with E-state index in [1.165, 1.54) is 17.6 Å². The number of rotatable bonds is 5. The number of hydrogen-bond donors (Lipinski definition) is 1. The maximum absolute atomic E-state index is 12.5. The Morgan fingerprint density at radius 2 is 2.21 bits per heavy atom. The highest BCUT2D eigenvalue weighted by Gasteiger charge is 2.46. The molecule has 24 heavy (non-hydrogen) atoms. The standard InChI is InChI=1S/C17H18N2O4S/c20-15(6-11-9-23-16(18-11)14-2-1-5-24-14)19-7-12(10-3-4-10)13(8-19)17(21)22/h1-2,5,9-10,12-13H,3-4,6-8H2,(H,21,22)/t12-,13+/m1/s1. The molecular weight excluding hydrogens is 328 g/mol. The summed E-state index contributed by atoms with van der Waals surface area (Å²) in [7, 11) is 0. The van der Waals surface area contributed by atoms with E-state index in [-0.39, 0.29) is 18.2 Å². The molecule has 4 rings (SSSR count). The maximum Gasteiger partial charge on any atom is 0.308 e. The van der Waals surface area contributed by atoms with Gasteiger partial charge in [0.25, 0.3) is 0 Å². The Balaban J connectivity index is 1.42. The third-order valence-electron chi connectivity index (χ3n) is 4.88. The molecule has 2 aromatic heterocycles. The van der Waals surface area contributed by atoms with E-state index in [1.54, 1.807) is 4.90 Å². The number of carboxylic acid groups (broad SMARTS) is 1. The summed E-state index contributed by atoms with van der Waals surface area (Å²) in [5, 5.41) is 11.3. The lowest BCUT2D eigenvalue weighted by molar-refractivity contribution is -0.142. The predicted molar refractivity (Wildman–Crippen MR) is 87.4 cm³/mol. The number of nitrogens with zero attached hydrogens (tertiary/aromatic N) is 2. The fourth-order valence-electron chi connectivity index (χ4n) is 3.46. The molecule has 0 spiro atoms. The van der Waals surface area contributed by atoms with E-state index in [1.807, 2.05) is 17.5 Å². The van der Waals surface area contributed by atoms with E-state index in [4.69, 9.17) is 4.42 Å². The topological polar surface area (TPSA) is 83.6 Å². The number of hydrogen-bond acceptors (Lipinski definition) is 5. The lowest BCUT2D eigenvalue weighted by atomic mass is 9.92. The van der Waals surface area contributed by atoms with E-state index >= 15 is 0 Å². The molecule has 7 heteroatoms. The Morgan fingerprint density at radius 3 is 2.88 bits per heavy atom. The summed E-state index contributed by atoms with van der Waals surface area (Å²) in [5.41, 5.74) is 0.588. The average molecular weight is 346 g/mol. The molecule has 3 heterocycles. The second kappa shape index (κ2) is 6.05. The van der Waals surface area contributed by atoms with E-state index in [9.17, 15) is 14.7 Å². The normalized spacial score (nSPS) is 23.6. The fraction of sp³-hybridized carbons (Fsp3) is 0.471. The third-order valence-corrected chi connectivity index (χ3v) is 5.74. The van der Waals surface area contributed by atoms with Gasteiger partial charge in [-0.3, -0.25) is 9.59 Å². The van der Waals surface area contributed by atoms with Crippen molar-refractivity contribution in [1.82, 2.24) is 9.88 Å². The van der Waals surface area contributed by atoms with Gasteiger partial charge in [-0.05, 0) is 36.1 Å². The molecule has 0 unspecified atom stereocenters. The number of aliphatic carboxylic acids is 1. The van der Waals surface area contributed by atoms with Crippen LogP contribution in [0.5, 0.6) is 0 Å². The molecule has 6 nitrogen and oxygen atoms in total. The van der Waals surface area contributed by atoms with Gasteiger partial charge >= 0.3 is 5.97 Å². The molecule has 0 bridgehead atoms. The number of amides is 1. The van der Waals surface area contributed by atoms with Gasteiger partial charge in [-0.2, -0.15) is 0 Å². The SMILES string of the molecule is O=C(O)[C@H]1CN(C(=O)Cc2coc(-c3cccs3)n2)C[C@@H]1C1CC1. The van der Waals surface area contributed by atoms with Crippen molar-refractivity contribution in [2.75, 3.05) is 13.1 Å². The number of oxazole rings is 1. The second-order valence-corrected chi connectivity index (χ2v) is 7.49. The quantitative estimate of drug-likeness (QED) is 0.899. The molecule has 1 N–H and O–H groups in total. The highest BCUT2D eigenvalue weighted by molar-refractivity contribution is 7.13. The van der Waals surface area contributed by atoms with Crippen LogP contribution in [0.2, 0.25) is 0 Å². The second-order valence-electron chi connectivity index (χ2n) is 6.54. The summed E-state index contributed by atoms with van der Waals surface area (Å²) in [5.74, 6) is -0.195. The molecule has 1 saturated carbocycles. The summed E-state index contributed by atoms with van der Waals surface area (Å²) in [4.78, 5) is 30.9. The molecule has 0 radical (unpaired) electrons. The highest BCUT2D eigenvalue weighted by Crippen LogP contribution is 2.44. The van der Waals surface area contributed by atoms with Crippen molar-refractivity contribution in [3.05, 3.63) is 29.5 Å². The monoisotopic (exact) mass is 346 g/mol. The minimum atomic E-state index is -0.788. The third kappa shape index (κ3) is 2.96. The van der Waals surface area contributed by atoms with Gasteiger partial charge in [0.2, 0.25) is 11.8 Å². The van der Waals surface area contributed by atoms with Crippen molar-refractivity contribution >= 4 is 23.2 Å². The van der Waals surface area contributed by atoms with Crippen LogP contribution in [-0.2, 0) is 16.0 Å². The van der Waals surface area contributed by atoms with Crippen LogP contribution in [0, 0.1) is 17.8 Å². The van der Waals surface area contributed by atoms with Gasteiger partial charge in [-0.25, -0.2) is 4.98 Å². The van der Waals surface area contributed by atoms with Gasteiger partial charge in [0, 0.05) is 13.1 Å². The van der Waals surface area contributed by atoms with Crippen LogP contribution in [0.4, 0.5) is 0 Å². The van der Waals surface area contributed by atoms with Crippen molar-refractivity contribution in [3.8, 4) is 10.8 Å². The van der Waals surface area contributed by atoms with E-state index in [2.05, 4.69) is 4.98 Å². The smallest absolute Gasteiger partial charge is 0.308 e. The Labute approximate surface area is 143 Å². The van der Waals surface area contributed by atoms with Gasteiger partial charge in [0.05, 0.1) is 22.9 Å². The first-order valence-electron chi connectivity index (χ1n) is 8.10. The number of thiophene rings is 1. The molecule has 0 aromatic carbocycles. The Kier molecular flexibility index (Phi) is 3.88. The van der Waals surface area contributed by atoms with Crippen molar-refractivity contribution in [1.29, 1.82) is 0 Å². The Bertz CT molecular complexity index is 750. The van der Waals surface area contributed by atoms with Gasteiger partial charge in [0.1, 0.15) is 6.26 Å². The number of carbonyl (C=O) groups excluding carboxylic acids is 1. The summed E-state index contributed by atoms with van der Waals surface area (Å²) >= 11 is 1.53. The zero-order chi connectivity index (χ0) is 16.7. The van der Waals surface area contributed by atoms with Crippen molar-refractivity contribution < 1.29 is 19.1 Å². The minimum Gasteiger partial charge on any atom is -0.481 e. The fourth-order valence-corrected chi connectivity index (χ4v) is 4.12. The van der Waals surface area contributed by atoms with Gasteiger partial charge in [0.15, 0.2) is 0 Å². The van der Waals surface area contributed by atoms with Crippen LogP contribution in [0.25, 0.3) is 10.8 Å². The molecule has 2 fully saturated rings. The van der Waals surface area contributed by atoms with Crippen LogP contribution in [0.15, 0.2) is 28.2 Å². The van der Waals surface area contributed by atoms with E-state index in [0.29, 0.717) is 30.6 Å². The number of aromatic nitrogens is 1. The van der Waals surface area contributed by atoms with Crippen LogP contribution in [0.1, 0.15) is 18.5 Å². The molecule has 1 aliphatic carbocycles. The molecule has 126 valence electrons. The summed E-state index contributed by atoms with van der Waals surface area (Å²) in [6, 6.07) is 3.84. The van der Waals surface area contributed by atoms with Crippen LogP contribution >= 0.6 is 11.3 Å². The van der Waals surface area contributed by atoms with Gasteiger partial charge in [-0.1, -0.05) is 6.07 Å². The number of carboxylic acids is 1. The van der Waals surface area contributed by atoms with Crippen LogP contribution in [-0.4, -0.2) is 40.0 Å². The van der Waals surface area contributed by atoms with E-state index in [0.717, 1.165) is 17.7 Å². The highest BCUT2D eigenvalue weighted by atomic mass is 32.1. The molecule has 1 saturated heterocycles. The molecular formula is C17H18N2O4S. The molecule has 1 amide bonds. The maximum atomic E-state index is 12.5. The zero-order valence-corrected chi connectivity index (χ0v) is 13.9. The first kappa shape index (κ1) is 15.4. The van der Waals surface area contributed by atoms with Crippen LogP contribution < -0.4 is 0 Å². The number of carbonyl (C=O) groups is 2. The van der Waals surface area contributed by atoms with Crippen molar-refractivity contribution in [2.45, 2.75) is 19.3 Å². The predicted octanol–water partition coefficient (Wildman–Crippen LogP) is 2.51. The lowest BCUT2D eigenvalue weighted by Crippen LogP contribution is -2.31. The first-order valence-corrected chi connectivity index (χ1v) is 8.98. The average Bonchev–Trinajstić information content (AvgIpc) is 3.00. The van der Waals surface area contributed by atoms with E-state index < -0.39 is 11.9 Å². The summed E-state index contributed by atoms with van der Waals surface area (Å²) in [6.07, 6.45) is 3.84. The summed E-state index contributed by atoms with van der Waals surface area (Å²) < 4.78 is 5.44. The van der Waals surface area contributed by atoms with Crippen LogP contribution in [0.3, 0.4) is 0 Å². The molecule has 2 aliphatic rings. The molecule has 1 aliphatic heterocycles. The Morgan fingerprint density at radius 1 is 1.38 bits per heavy atom. The van der Waals surface area contributed by atoms with Gasteiger partial charge < -0.3 is 14.4 Å². The largest absolute Gasteiger partial charge is 0.481 e. The van der Waals surface area contributed by atoms with Crippen molar-refractivity contribution in [2.24, 2.45) is 17.8 Å². The molecule has 2 aromatic rings. The zero-order valence-electron chi connectivity index (χ0n) is 13.1. The summed E-state index contributed by atoms with van der Waals surface area (Å²) in [6.45, 7) is 0.862. The minimum absolute atomic E-state index is 0.0737.